The summed E-state index contributed by atoms with van der Waals surface area (Å²) in [6.07, 6.45) is 0.974. The Kier molecular flexibility index (Phi) is 4.12. The van der Waals surface area contributed by atoms with Crippen LogP contribution in [0.25, 0.3) is 11.4 Å². The Labute approximate surface area is 127 Å². The molecule has 5 heteroatoms. The number of hydrogen-bond acceptors (Lipinski definition) is 5. The number of nitrogens with zero attached hydrogens (tertiary/aromatic N) is 2. The normalized spacial score (nSPS) is 10.5. The molecule has 0 atom stereocenters. The molecule has 0 saturated carbocycles. The first-order valence-electron chi connectivity index (χ1n) is 6.77. The first-order valence-corrected chi connectivity index (χ1v) is 7.65. The van der Waals surface area contributed by atoms with Crippen molar-refractivity contribution in [3.05, 3.63) is 58.8 Å². The van der Waals surface area contributed by atoms with Crippen molar-refractivity contribution in [2.45, 2.75) is 6.42 Å². The topological polar surface area (TPSA) is 63.8 Å². The number of aromatic nitrogens is 2. The van der Waals surface area contributed by atoms with E-state index in [9.17, 15) is 0 Å². The summed E-state index contributed by atoms with van der Waals surface area (Å²) in [5, 5.41) is 5.40. The van der Waals surface area contributed by atoms with Crippen molar-refractivity contribution in [1.29, 1.82) is 0 Å². The zero-order valence-corrected chi connectivity index (χ0v) is 12.3. The van der Waals surface area contributed by atoms with Crippen LogP contribution in [0.4, 0.5) is 11.6 Å². The van der Waals surface area contributed by atoms with E-state index in [1.165, 1.54) is 4.88 Å². The van der Waals surface area contributed by atoms with Crippen LogP contribution < -0.4 is 11.1 Å². The van der Waals surface area contributed by atoms with E-state index < -0.39 is 0 Å². The molecule has 2 heterocycles. The van der Waals surface area contributed by atoms with Gasteiger partial charge in [-0.3, -0.25) is 0 Å². The maximum Gasteiger partial charge on any atom is 0.163 e. The van der Waals surface area contributed by atoms with E-state index in [1.807, 2.05) is 30.3 Å². The lowest BCUT2D eigenvalue weighted by Crippen LogP contribution is -2.07. The van der Waals surface area contributed by atoms with Gasteiger partial charge in [0.25, 0.3) is 0 Å². The third-order valence-electron chi connectivity index (χ3n) is 3.04. The number of thiophene rings is 1. The molecule has 0 aliphatic carbocycles. The van der Waals surface area contributed by atoms with Gasteiger partial charge in [-0.2, -0.15) is 0 Å². The molecule has 3 rings (SSSR count). The average molecular weight is 296 g/mol. The van der Waals surface area contributed by atoms with Crippen LogP contribution in [-0.4, -0.2) is 16.5 Å². The van der Waals surface area contributed by atoms with Crippen LogP contribution in [0.3, 0.4) is 0 Å². The van der Waals surface area contributed by atoms with Gasteiger partial charge in [-0.15, -0.1) is 11.3 Å². The van der Waals surface area contributed by atoms with Gasteiger partial charge in [0.1, 0.15) is 11.6 Å². The second-order valence-electron chi connectivity index (χ2n) is 4.62. The minimum atomic E-state index is 0.475. The molecule has 0 aliphatic heterocycles. The molecular formula is C16H16N4S. The molecule has 1 aromatic carbocycles. The lowest BCUT2D eigenvalue weighted by molar-refractivity contribution is 1.02. The van der Waals surface area contributed by atoms with Gasteiger partial charge in [-0.05, 0) is 17.9 Å². The Morgan fingerprint density at radius 2 is 1.90 bits per heavy atom. The van der Waals surface area contributed by atoms with Crippen molar-refractivity contribution in [2.75, 3.05) is 17.6 Å². The molecular weight excluding hydrogens is 280 g/mol. The smallest absolute Gasteiger partial charge is 0.163 e. The standard InChI is InChI=1S/C16H16N4S/c17-14-11-15(18-9-8-13-7-4-10-21-13)20-16(19-14)12-5-2-1-3-6-12/h1-7,10-11H,8-9H2,(H3,17,18,19,20). The van der Waals surface area contributed by atoms with Gasteiger partial charge in [-0.1, -0.05) is 36.4 Å². The second kappa shape index (κ2) is 6.37. The summed E-state index contributed by atoms with van der Waals surface area (Å²) in [6.45, 7) is 0.825. The van der Waals surface area contributed by atoms with E-state index >= 15 is 0 Å². The Balaban J connectivity index is 1.72. The summed E-state index contributed by atoms with van der Waals surface area (Å²) in [7, 11) is 0. The number of rotatable bonds is 5. The summed E-state index contributed by atoms with van der Waals surface area (Å²) < 4.78 is 0. The fourth-order valence-corrected chi connectivity index (χ4v) is 2.75. The highest BCUT2D eigenvalue weighted by Crippen LogP contribution is 2.18. The number of nitrogen functional groups attached to an aromatic ring is 1. The number of nitrogens with two attached hydrogens (primary N) is 1. The molecule has 0 aliphatic rings. The predicted octanol–water partition coefficient (Wildman–Crippen LogP) is 3.44. The maximum atomic E-state index is 5.87. The summed E-state index contributed by atoms with van der Waals surface area (Å²) in [5.74, 6) is 1.88. The second-order valence-corrected chi connectivity index (χ2v) is 5.66. The molecule has 0 unspecified atom stereocenters. The third-order valence-corrected chi connectivity index (χ3v) is 3.97. The average Bonchev–Trinajstić information content (AvgIpc) is 3.01. The molecule has 0 spiro atoms. The quantitative estimate of drug-likeness (QED) is 0.757. The molecule has 0 fully saturated rings. The Morgan fingerprint density at radius 3 is 2.67 bits per heavy atom. The minimum Gasteiger partial charge on any atom is -0.384 e. The summed E-state index contributed by atoms with van der Waals surface area (Å²) in [4.78, 5) is 10.2. The summed E-state index contributed by atoms with van der Waals surface area (Å²) >= 11 is 1.76. The fraction of sp³-hybridized carbons (Fsp3) is 0.125. The van der Waals surface area contributed by atoms with Gasteiger partial charge in [-0.25, -0.2) is 9.97 Å². The van der Waals surface area contributed by atoms with Gasteiger partial charge in [0.15, 0.2) is 5.82 Å². The van der Waals surface area contributed by atoms with E-state index in [1.54, 1.807) is 17.4 Å². The van der Waals surface area contributed by atoms with Gasteiger partial charge in [0, 0.05) is 23.1 Å². The fourth-order valence-electron chi connectivity index (χ4n) is 2.04. The third kappa shape index (κ3) is 3.58. The van der Waals surface area contributed by atoms with Gasteiger partial charge < -0.3 is 11.1 Å². The molecule has 106 valence electrons. The first kappa shape index (κ1) is 13.6. The predicted molar refractivity (Wildman–Crippen MR) is 88.4 cm³/mol. The number of hydrogen-bond donors (Lipinski definition) is 2. The van der Waals surface area contributed by atoms with E-state index in [0.29, 0.717) is 11.6 Å². The van der Waals surface area contributed by atoms with Crippen molar-refractivity contribution in [3.8, 4) is 11.4 Å². The van der Waals surface area contributed by atoms with Crippen LogP contribution in [0.5, 0.6) is 0 Å². The van der Waals surface area contributed by atoms with Crippen molar-refractivity contribution in [3.63, 3.8) is 0 Å². The lowest BCUT2D eigenvalue weighted by atomic mass is 10.2. The largest absolute Gasteiger partial charge is 0.384 e. The van der Waals surface area contributed by atoms with Gasteiger partial charge >= 0.3 is 0 Å². The van der Waals surface area contributed by atoms with Crippen LogP contribution in [-0.2, 0) is 6.42 Å². The van der Waals surface area contributed by atoms with Crippen molar-refractivity contribution in [2.24, 2.45) is 0 Å². The monoisotopic (exact) mass is 296 g/mol. The van der Waals surface area contributed by atoms with E-state index in [-0.39, 0.29) is 0 Å². The molecule has 4 nitrogen and oxygen atoms in total. The maximum absolute atomic E-state index is 5.87. The lowest BCUT2D eigenvalue weighted by Gasteiger charge is -2.08. The first-order chi connectivity index (χ1) is 10.3. The Bertz CT molecular complexity index is 696. The number of nitrogens with one attached hydrogen (secondary N) is 1. The molecule has 0 saturated heterocycles. The van der Waals surface area contributed by atoms with Crippen LogP contribution >= 0.6 is 11.3 Å². The van der Waals surface area contributed by atoms with E-state index in [4.69, 9.17) is 5.73 Å². The SMILES string of the molecule is Nc1cc(NCCc2cccs2)nc(-c2ccccc2)n1. The van der Waals surface area contributed by atoms with E-state index in [0.717, 1.165) is 24.3 Å². The van der Waals surface area contributed by atoms with Crippen LogP contribution in [0.2, 0.25) is 0 Å². The zero-order chi connectivity index (χ0) is 14.5. The van der Waals surface area contributed by atoms with Crippen molar-refractivity contribution < 1.29 is 0 Å². The van der Waals surface area contributed by atoms with Crippen LogP contribution in [0, 0.1) is 0 Å². The summed E-state index contributed by atoms with van der Waals surface area (Å²) in [5.41, 5.74) is 6.84. The van der Waals surface area contributed by atoms with Gasteiger partial charge in [0.05, 0.1) is 0 Å². The molecule has 0 radical (unpaired) electrons. The minimum absolute atomic E-state index is 0.475. The Morgan fingerprint density at radius 1 is 1.05 bits per heavy atom. The molecule has 3 N–H and O–H groups in total. The van der Waals surface area contributed by atoms with Crippen molar-refractivity contribution >= 4 is 23.0 Å². The molecule has 3 aromatic rings. The number of benzene rings is 1. The van der Waals surface area contributed by atoms with Gasteiger partial charge in [0.2, 0.25) is 0 Å². The van der Waals surface area contributed by atoms with Crippen LogP contribution in [0.15, 0.2) is 53.9 Å². The number of anilines is 2. The van der Waals surface area contributed by atoms with Crippen molar-refractivity contribution in [1.82, 2.24) is 9.97 Å². The molecule has 0 bridgehead atoms. The molecule has 21 heavy (non-hydrogen) atoms. The molecule has 2 aromatic heterocycles. The molecule has 0 amide bonds. The Hall–Kier alpha value is -2.40. The van der Waals surface area contributed by atoms with Crippen LogP contribution in [0.1, 0.15) is 4.88 Å². The summed E-state index contributed by atoms with van der Waals surface area (Å²) in [6, 6.07) is 15.8. The van der Waals surface area contributed by atoms with E-state index in [2.05, 4.69) is 32.8 Å². The highest BCUT2D eigenvalue weighted by atomic mass is 32.1. The highest BCUT2D eigenvalue weighted by Gasteiger charge is 2.05. The zero-order valence-electron chi connectivity index (χ0n) is 11.5. The highest BCUT2D eigenvalue weighted by molar-refractivity contribution is 7.09.